The van der Waals surface area contributed by atoms with Crippen molar-refractivity contribution in [1.29, 1.82) is 0 Å². The van der Waals surface area contributed by atoms with Crippen LogP contribution in [-0.2, 0) is 6.54 Å². The van der Waals surface area contributed by atoms with Gasteiger partial charge in [0.15, 0.2) is 0 Å². The lowest BCUT2D eigenvalue weighted by molar-refractivity contribution is 0.536. The maximum Gasteiger partial charge on any atom is 0.308 e. The Hall–Kier alpha value is -1.03. The molecule has 9 heavy (non-hydrogen) atoms. The van der Waals surface area contributed by atoms with Crippen LogP contribution in [0.3, 0.4) is 0 Å². The molecule has 0 aromatic carbocycles. The van der Waals surface area contributed by atoms with Crippen LogP contribution < -0.4 is 5.73 Å². The first-order chi connectivity index (χ1) is 4.33. The number of halogens is 1. The molecule has 0 aliphatic heterocycles. The van der Waals surface area contributed by atoms with E-state index in [0.717, 1.165) is 5.56 Å². The molecule has 0 spiro atoms. The maximum absolute atomic E-state index is 12.0. The second-order valence-electron chi connectivity index (χ2n) is 1.56. The van der Waals surface area contributed by atoms with Crippen molar-refractivity contribution < 1.29 is 4.39 Å². The van der Waals surface area contributed by atoms with Gasteiger partial charge in [0.05, 0.1) is 0 Å². The highest BCUT2D eigenvalue weighted by Crippen LogP contribution is 1.91. The molecule has 0 aliphatic rings. The summed E-state index contributed by atoms with van der Waals surface area (Å²) in [5.74, 6) is 0. The van der Waals surface area contributed by atoms with Crippen molar-refractivity contribution in [1.82, 2.24) is 9.97 Å². The van der Waals surface area contributed by atoms with E-state index in [2.05, 4.69) is 9.97 Å². The van der Waals surface area contributed by atoms with Gasteiger partial charge in [0.25, 0.3) is 0 Å². The van der Waals surface area contributed by atoms with Crippen molar-refractivity contribution >= 4 is 0 Å². The fourth-order valence-corrected chi connectivity index (χ4v) is 0.444. The highest BCUT2D eigenvalue weighted by molar-refractivity contribution is 5.00. The Morgan fingerprint density at radius 1 is 1.44 bits per heavy atom. The van der Waals surface area contributed by atoms with E-state index in [0.29, 0.717) is 6.54 Å². The summed E-state index contributed by atoms with van der Waals surface area (Å²) in [5.41, 5.74) is 5.93. The zero-order chi connectivity index (χ0) is 6.69. The summed E-state index contributed by atoms with van der Waals surface area (Å²) in [6, 6.07) is 0. The molecule has 2 N–H and O–H groups in total. The predicted molar refractivity (Wildman–Crippen MR) is 29.9 cm³/mol. The summed E-state index contributed by atoms with van der Waals surface area (Å²) in [7, 11) is 0. The normalized spacial score (nSPS) is 9.56. The summed E-state index contributed by atoms with van der Waals surface area (Å²) in [6.45, 7) is 0.347. The van der Waals surface area contributed by atoms with Gasteiger partial charge in [-0.1, -0.05) is 0 Å². The smallest absolute Gasteiger partial charge is 0.308 e. The van der Waals surface area contributed by atoms with Crippen molar-refractivity contribution in [2.45, 2.75) is 6.54 Å². The van der Waals surface area contributed by atoms with Crippen molar-refractivity contribution in [2.24, 2.45) is 5.73 Å². The lowest BCUT2D eigenvalue weighted by Gasteiger charge is -1.90. The molecule has 1 aromatic heterocycles. The second kappa shape index (κ2) is 2.50. The molecule has 0 atom stereocenters. The zero-order valence-corrected chi connectivity index (χ0v) is 4.71. The Labute approximate surface area is 51.7 Å². The Bertz CT molecular complexity index is 184. The molecule has 3 nitrogen and oxygen atoms in total. The first-order valence-electron chi connectivity index (χ1n) is 2.49. The van der Waals surface area contributed by atoms with E-state index in [1.165, 1.54) is 12.4 Å². The van der Waals surface area contributed by atoms with Gasteiger partial charge in [-0.3, -0.25) is 0 Å². The third kappa shape index (κ3) is 1.43. The molecule has 1 heterocycles. The zero-order valence-electron chi connectivity index (χ0n) is 4.71. The van der Waals surface area contributed by atoms with Gasteiger partial charge < -0.3 is 5.73 Å². The van der Waals surface area contributed by atoms with Gasteiger partial charge in [-0.2, -0.15) is 4.39 Å². The Morgan fingerprint density at radius 3 is 2.44 bits per heavy atom. The first kappa shape index (κ1) is 6.10. The van der Waals surface area contributed by atoms with Crippen molar-refractivity contribution in [3.8, 4) is 0 Å². The maximum atomic E-state index is 12.0. The van der Waals surface area contributed by atoms with Gasteiger partial charge in [0.1, 0.15) is 0 Å². The summed E-state index contributed by atoms with van der Waals surface area (Å²) in [4.78, 5) is 6.58. The van der Waals surface area contributed by atoms with Crippen molar-refractivity contribution in [2.75, 3.05) is 0 Å². The number of nitrogens with two attached hydrogens (primary N) is 1. The number of nitrogens with zero attached hydrogens (tertiary/aromatic N) is 2. The quantitative estimate of drug-likeness (QED) is 0.543. The van der Waals surface area contributed by atoms with Gasteiger partial charge in [0, 0.05) is 24.5 Å². The molecule has 0 amide bonds. The highest BCUT2D eigenvalue weighted by Gasteiger charge is 1.90. The van der Waals surface area contributed by atoms with Gasteiger partial charge in [-0.05, 0) is 0 Å². The molecule has 0 radical (unpaired) electrons. The lowest BCUT2D eigenvalue weighted by Crippen LogP contribution is -1.98. The third-order valence-electron chi connectivity index (χ3n) is 0.910. The molecule has 1 aromatic rings. The van der Waals surface area contributed by atoms with Gasteiger partial charge in [-0.25, -0.2) is 9.97 Å². The van der Waals surface area contributed by atoms with E-state index in [1.54, 1.807) is 0 Å². The highest BCUT2D eigenvalue weighted by atomic mass is 19.1. The van der Waals surface area contributed by atoms with Crippen LogP contribution in [0.1, 0.15) is 5.56 Å². The summed E-state index contributed by atoms with van der Waals surface area (Å²) >= 11 is 0. The van der Waals surface area contributed by atoms with Crippen LogP contribution in [0.4, 0.5) is 4.39 Å². The van der Waals surface area contributed by atoms with Crippen LogP contribution in [0.5, 0.6) is 0 Å². The summed E-state index contributed by atoms with van der Waals surface area (Å²) in [5, 5.41) is 0. The second-order valence-corrected chi connectivity index (χ2v) is 1.56. The predicted octanol–water partition coefficient (Wildman–Crippen LogP) is 0.0744. The number of aromatic nitrogens is 2. The standard InChI is InChI=1S/C5H6FN3/c6-5-8-2-4(1-7)3-9-5/h2-3H,1,7H2. The van der Waals surface area contributed by atoms with Crippen LogP contribution >= 0.6 is 0 Å². The Kier molecular flexibility index (Phi) is 1.69. The molecular weight excluding hydrogens is 121 g/mol. The van der Waals surface area contributed by atoms with Gasteiger partial charge >= 0.3 is 6.08 Å². The molecule has 4 heteroatoms. The molecule has 0 fully saturated rings. The molecule has 0 unspecified atom stereocenters. The summed E-state index contributed by atoms with van der Waals surface area (Å²) < 4.78 is 12.0. The lowest BCUT2D eigenvalue weighted by atomic mass is 10.4. The average molecular weight is 127 g/mol. The topological polar surface area (TPSA) is 51.8 Å². The number of hydrogen-bond donors (Lipinski definition) is 1. The van der Waals surface area contributed by atoms with Crippen LogP contribution in [0.25, 0.3) is 0 Å². The molecule has 1 rings (SSSR count). The van der Waals surface area contributed by atoms with E-state index >= 15 is 0 Å². The van der Waals surface area contributed by atoms with E-state index in [9.17, 15) is 4.39 Å². The first-order valence-corrected chi connectivity index (χ1v) is 2.49. The largest absolute Gasteiger partial charge is 0.326 e. The van der Waals surface area contributed by atoms with E-state index in [-0.39, 0.29) is 0 Å². The number of rotatable bonds is 1. The van der Waals surface area contributed by atoms with Crippen molar-refractivity contribution in [3.05, 3.63) is 24.0 Å². The molecule has 48 valence electrons. The number of hydrogen-bond acceptors (Lipinski definition) is 3. The molecule has 0 bridgehead atoms. The Balaban J connectivity index is 2.88. The fourth-order valence-electron chi connectivity index (χ4n) is 0.444. The van der Waals surface area contributed by atoms with Crippen LogP contribution in [0.2, 0.25) is 0 Å². The van der Waals surface area contributed by atoms with Crippen molar-refractivity contribution in [3.63, 3.8) is 0 Å². The van der Waals surface area contributed by atoms with Gasteiger partial charge in [-0.15, -0.1) is 0 Å². The SMILES string of the molecule is NCc1cnc(F)nc1. The molecular formula is C5H6FN3. The average Bonchev–Trinajstić information content (AvgIpc) is 1.90. The minimum absolute atomic E-state index is 0.347. The third-order valence-corrected chi connectivity index (χ3v) is 0.910. The van der Waals surface area contributed by atoms with Crippen LogP contribution in [0.15, 0.2) is 12.4 Å². The molecule has 0 saturated heterocycles. The van der Waals surface area contributed by atoms with E-state index in [1.807, 2.05) is 0 Å². The minimum Gasteiger partial charge on any atom is -0.326 e. The van der Waals surface area contributed by atoms with E-state index < -0.39 is 6.08 Å². The van der Waals surface area contributed by atoms with Gasteiger partial charge in [0.2, 0.25) is 0 Å². The van der Waals surface area contributed by atoms with E-state index in [4.69, 9.17) is 5.73 Å². The monoisotopic (exact) mass is 127 g/mol. The minimum atomic E-state index is -0.716. The molecule has 0 aliphatic carbocycles. The molecule has 0 saturated carbocycles. The fraction of sp³-hybridized carbons (Fsp3) is 0.200. The van der Waals surface area contributed by atoms with Crippen LogP contribution in [0, 0.1) is 6.08 Å². The van der Waals surface area contributed by atoms with Crippen LogP contribution in [-0.4, -0.2) is 9.97 Å². The summed E-state index contributed by atoms with van der Waals surface area (Å²) in [6.07, 6.45) is 2.01. The Morgan fingerprint density at radius 2 is 2.00 bits per heavy atom.